The van der Waals surface area contributed by atoms with Crippen molar-refractivity contribution in [3.63, 3.8) is 0 Å². The Morgan fingerprint density at radius 3 is 2.88 bits per heavy atom. The predicted molar refractivity (Wildman–Crippen MR) is 61.5 cm³/mol. The highest BCUT2D eigenvalue weighted by atomic mass is 16.5. The van der Waals surface area contributed by atoms with E-state index in [1.165, 1.54) is 12.0 Å². The molecule has 0 aromatic carbocycles. The Morgan fingerprint density at radius 1 is 1.59 bits per heavy atom. The normalized spacial score (nSPS) is 38.5. The lowest BCUT2D eigenvalue weighted by atomic mass is 9.93. The fourth-order valence-corrected chi connectivity index (χ4v) is 3.04. The Labute approximate surface area is 101 Å². The molecule has 2 rings (SSSR count). The molecule has 2 aliphatic heterocycles. The third-order valence-electron chi connectivity index (χ3n) is 3.80. The average Bonchev–Trinajstić information content (AvgIpc) is 2.85. The molecule has 0 aromatic rings. The summed E-state index contributed by atoms with van der Waals surface area (Å²) in [5.74, 6) is 0.242. The fourth-order valence-electron chi connectivity index (χ4n) is 3.04. The first kappa shape index (κ1) is 12.8. The second kappa shape index (κ2) is 5.30. The number of hydrogen-bond donors (Lipinski definition) is 4. The smallest absolute Gasteiger partial charge is 0.217 e. The second-order valence-corrected chi connectivity index (χ2v) is 5.00. The van der Waals surface area contributed by atoms with Gasteiger partial charge >= 0.3 is 0 Å². The first-order valence-electron chi connectivity index (χ1n) is 6.19. The van der Waals surface area contributed by atoms with Crippen molar-refractivity contribution in [2.75, 3.05) is 19.7 Å². The van der Waals surface area contributed by atoms with Crippen molar-refractivity contribution in [1.29, 1.82) is 0 Å². The SMILES string of the molecule is CC(=O)N[C@H]1C[C@H](CO)N(O)C1[C@H]1CCNC1. The zero-order chi connectivity index (χ0) is 12.4. The third-order valence-corrected chi connectivity index (χ3v) is 3.80. The largest absolute Gasteiger partial charge is 0.395 e. The number of aliphatic hydroxyl groups is 1. The van der Waals surface area contributed by atoms with Gasteiger partial charge < -0.3 is 20.9 Å². The summed E-state index contributed by atoms with van der Waals surface area (Å²) in [4.78, 5) is 11.2. The van der Waals surface area contributed by atoms with Gasteiger partial charge in [0.15, 0.2) is 0 Å². The van der Waals surface area contributed by atoms with E-state index in [1.807, 2.05) is 0 Å². The van der Waals surface area contributed by atoms with Crippen molar-refractivity contribution in [3.8, 4) is 0 Å². The van der Waals surface area contributed by atoms with Crippen LogP contribution in [-0.4, -0.2) is 59.1 Å². The fraction of sp³-hybridized carbons (Fsp3) is 0.909. The summed E-state index contributed by atoms with van der Waals surface area (Å²) in [6, 6.07) is -0.428. The number of rotatable bonds is 3. The highest BCUT2D eigenvalue weighted by Crippen LogP contribution is 2.30. The van der Waals surface area contributed by atoms with Crippen LogP contribution in [0.3, 0.4) is 0 Å². The van der Waals surface area contributed by atoms with E-state index in [9.17, 15) is 15.1 Å². The van der Waals surface area contributed by atoms with Crippen LogP contribution in [0.1, 0.15) is 19.8 Å². The Kier molecular flexibility index (Phi) is 3.98. The molecule has 17 heavy (non-hydrogen) atoms. The Hall–Kier alpha value is -0.690. The van der Waals surface area contributed by atoms with Gasteiger partial charge in [-0.3, -0.25) is 4.79 Å². The minimum Gasteiger partial charge on any atom is -0.395 e. The molecular weight excluding hydrogens is 222 g/mol. The Balaban J connectivity index is 2.08. The van der Waals surface area contributed by atoms with Crippen molar-refractivity contribution in [2.24, 2.45) is 5.92 Å². The van der Waals surface area contributed by atoms with Gasteiger partial charge in [0.2, 0.25) is 5.91 Å². The summed E-state index contributed by atoms with van der Waals surface area (Å²) in [6.45, 7) is 3.21. The lowest BCUT2D eigenvalue weighted by Gasteiger charge is -2.30. The van der Waals surface area contributed by atoms with Gasteiger partial charge in [-0.1, -0.05) is 0 Å². The van der Waals surface area contributed by atoms with Gasteiger partial charge in [-0.15, -0.1) is 0 Å². The van der Waals surface area contributed by atoms with Gasteiger partial charge in [0, 0.05) is 13.0 Å². The maximum absolute atomic E-state index is 11.2. The van der Waals surface area contributed by atoms with E-state index >= 15 is 0 Å². The molecule has 2 heterocycles. The minimum absolute atomic E-state index is 0.0699. The molecule has 4 atom stereocenters. The van der Waals surface area contributed by atoms with Crippen LogP contribution in [0.2, 0.25) is 0 Å². The molecule has 6 heteroatoms. The number of nitrogens with zero attached hydrogens (tertiary/aromatic N) is 1. The van der Waals surface area contributed by atoms with Gasteiger partial charge in [-0.25, -0.2) is 0 Å². The molecule has 98 valence electrons. The molecule has 2 fully saturated rings. The lowest BCUT2D eigenvalue weighted by molar-refractivity contribution is -0.155. The van der Waals surface area contributed by atoms with Gasteiger partial charge in [0.25, 0.3) is 0 Å². The third kappa shape index (κ3) is 2.60. The molecule has 0 aromatic heterocycles. The molecule has 4 N–H and O–H groups in total. The average molecular weight is 243 g/mol. The van der Waals surface area contributed by atoms with E-state index in [2.05, 4.69) is 10.6 Å². The van der Waals surface area contributed by atoms with E-state index in [1.54, 1.807) is 0 Å². The summed E-state index contributed by atoms with van der Waals surface area (Å²) in [6.07, 6.45) is 1.60. The number of aliphatic hydroxyl groups excluding tert-OH is 1. The molecule has 2 aliphatic rings. The first-order valence-corrected chi connectivity index (χ1v) is 6.19. The topological polar surface area (TPSA) is 84.8 Å². The monoisotopic (exact) mass is 243 g/mol. The minimum atomic E-state index is -0.266. The second-order valence-electron chi connectivity index (χ2n) is 5.00. The zero-order valence-corrected chi connectivity index (χ0v) is 10.1. The van der Waals surface area contributed by atoms with Crippen LogP contribution < -0.4 is 10.6 Å². The lowest BCUT2D eigenvalue weighted by Crippen LogP contribution is -2.48. The van der Waals surface area contributed by atoms with Crippen LogP contribution in [-0.2, 0) is 4.79 Å². The van der Waals surface area contributed by atoms with Crippen LogP contribution in [0.15, 0.2) is 0 Å². The quantitative estimate of drug-likeness (QED) is 0.507. The summed E-state index contributed by atoms with van der Waals surface area (Å²) in [7, 11) is 0. The maximum Gasteiger partial charge on any atom is 0.217 e. The van der Waals surface area contributed by atoms with Gasteiger partial charge in [0.1, 0.15) is 0 Å². The number of hydrogen-bond acceptors (Lipinski definition) is 5. The van der Waals surface area contributed by atoms with Gasteiger partial charge in [-0.05, 0) is 31.8 Å². The summed E-state index contributed by atoms with van der Waals surface area (Å²) in [5.41, 5.74) is 0. The van der Waals surface area contributed by atoms with Crippen molar-refractivity contribution < 1.29 is 15.1 Å². The van der Waals surface area contributed by atoms with E-state index in [0.29, 0.717) is 12.3 Å². The van der Waals surface area contributed by atoms with Crippen molar-refractivity contribution in [2.45, 2.75) is 37.9 Å². The zero-order valence-electron chi connectivity index (χ0n) is 10.1. The van der Waals surface area contributed by atoms with Crippen LogP contribution in [0.25, 0.3) is 0 Å². The number of carbonyl (C=O) groups is 1. The van der Waals surface area contributed by atoms with Gasteiger partial charge in [-0.2, -0.15) is 5.06 Å². The van der Waals surface area contributed by atoms with E-state index in [0.717, 1.165) is 19.5 Å². The van der Waals surface area contributed by atoms with E-state index in [-0.39, 0.29) is 30.6 Å². The highest BCUT2D eigenvalue weighted by molar-refractivity contribution is 5.73. The Bertz CT molecular complexity index is 281. The summed E-state index contributed by atoms with van der Waals surface area (Å²) < 4.78 is 0. The van der Waals surface area contributed by atoms with Crippen LogP contribution in [0.4, 0.5) is 0 Å². The van der Waals surface area contributed by atoms with Crippen LogP contribution in [0.5, 0.6) is 0 Å². The van der Waals surface area contributed by atoms with Gasteiger partial charge in [0.05, 0.1) is 18.7 Å². The van der Waals surface area contributed by atoms with Crippen molar-refractivity contribution in [1.82, 2.24) is 15.7 Å². The summed E-state index contributed by atoms with van der Waals surface area (Å²) >= 11 is 0. The molecule has 0 radical (unpaired) electrons. The van der Waals surface area contributed by atoms with E-state index < -0.39 is 0 Å². The molecule has 6 nitrogen and oxygen atoms in total. The number of nitrogens with one attached hydrogen (secondary N) is 2. The molecule has 0 spiro atoms. The number of carbonyl (C=O) groups excluding carboxylic acids is 1. The highest BCUT2D eigenvalue weighted by Gasteiger charge is 2.45. The van der Waals surface area contributed by atoms with Crippen LogP contribution >= 0.6 is 0 Å². The molecule has 2 saturated heterocycles. The number of amides is 1. The first-order chi connectivity index (χ1) is 8.13. The van der Waals surface area contributed by atoms with Crippen LogP contribution in [0, 0.1) is 5.92 Å². The predicted octanol–water partition coefficient (Wildman–Crippen LogP) is -1.07. The standard InChI is InChI=1S/C11H21N3O3/c1-7(16)13-10-4-9(6-15)14(17)11(10)8-2-3-12-5-8/h8-12,15,17H,2-6H2,1H3,(H,13,16)/t8-,9+,10-,11?/m0/s1. The molecular formula is C11H21N3O3. The molecule has 0 saturated carbocycles. The molecule has 0 bridgehead atoms. The van der Waals surface area contributed by atoms with Crippen molar-refractivity contribution >= 4 is 5.91 Å². The molecule has 0 aliphatic carbocycles. The molecule has 1 amide bonds. The molecule has 1 unspecified atom stereocenters. The van der Waals surface area contributed by atoms with Crippen molar-refractivity contribution in [3.05, 3.63) is 0 Å². The van der Waals surface area contributed by atoms with E-state index in [4.69, 9.17) is 0 Å². The summed E-state index contributed by atoms with van der Waals surface area (Å²) in [5, 5.41) is 26.7. The Morgan fingerprint density at radius 2 is 2.35 bits per heavy atom. The number of hydroxylamine groups is 2. The maximum atomic E-state index is 11.2.